The summed E-state index contributed by atoms with van der Waals surface area (Å²) < 4.78 is 35.3. The molecule has 5 nitrogen and oxygen atoms in total. The fraction of sp³-hybridized carbons (Fsp3) is 0.548. The van der Waals surface area contributed by atoms with E-state index in [2.05, 4.69) is 78.8 Å². The zero-order chi connectivity index (χ0) is 31.4. The van der Waals surface area contributed by atoms with Gasteiger partial charge in [-0.25, -0.2) is 18.4 Å². The number of benzene rings is 2. The third-order valence-corrected chi connectivity index (χ3v) is 13.9. The van der Waals surface area contributed by atoms with Crippen LogP contribution in [0.3, 0.4) is 0 Å². The Hall–Kier alpha value is -2.29. The van der Waals surface area contributed by atoms with E-state index >= 15 is 0 Å². The number of ether oxygens (including phenoxy) is 2. The third-order valence-electron chi connectivity index (χ3n) is 6.59. The Kier molecular flexibility index (Phi) is 15.3. The minimum atomic E-state index is -2.30. The summed E-state index contributed by atoms with van der Waals surface area (Å²) in [7, 11) is -2.23. The highest BCUT2D eigenvalue weighted by Crippen LogP contribution is 2.38. The lowest BCUT2D eigenvalue weighted by Gasteiger charge is -2.38. The molecule has 40 heavy (non-hydrogen) atoms. The first-order valence-electron chi connectivity index (χ1n) is 13.5. The van der Waals surface area contributed by atoms with Gasteiger partial charge in [0.2, 0.25) is 18.7 Å². The van der Waals surface area contributed by atoms with Crippen LogP contribution in [-0.2, 0) is 19.1 Å². The summed E-state index contributed by atoms with van der Waals surface area (Å²) in [5, 5.41) is 11.4. The van der Waals surface area contributed by atoms with E-state index < -0.39 is 36.8 Å². The molecule has 3 unspecified atom stereocenters. The fourth-order valence-corrected chi connectivity index (χ4v) is 7.44. The first-order valence-corrected chi connectivity index (χ1v) is 16.5. The normalized spacial score (nSPS) is 15.2. The van der Waals surface area contributed by atoms with Crippen molar-refractivity contribution in [3.63, 3.8) is 0 Å². The van der Waals surface area contributed by atoms with E-state index in [1.54, 1.807) is 27.7 Å². The lowest BCUT2D eigenvalue weighted by atomic mass is 9.95. The van der Waals surface area contributed by atoms with E-state index in [4.69, 9.17) is 16.2 Å². The maximum absolute atomic E-state index is 13.3. The van der Waals surface area contributed by atoms with Crippen LogP contribution in [0.4, 0.5) is 8.78 Å². The Morgan fingerprint density at radius 2 is 1.10 bits per heavy atom. The number of aliphatic hydroxyl groups is 1. The van der Waals surface area contributed by atoms with Crippen LogP contribution >= 0.6 is 11.1 Å². The molecule has 0 aliphatic rings. The lowest BCUT2D eigenvalue weighted by molar-refractivity contribution is -0.163. The Labute approximate surface area is 244 Å². The molecule has 0 radical (unpaired) electrons. The smallest absolute Gasteiger partial charge is 0.346 e. The molecule has 226 valence electrons. The maximum atomic E-state index is 13.3. The molecule has 0 fully saturated rings. The largest absolute Gasteiger partial charge is 0.464 e. The molecular weight excluding hydrogens is 554 g/mol. The van der Waals surface area contributed by atoms with Crippen molar-refractivity contribution in [2.24, 2.45) is 5.92 Å². The van der Waals surface area contributed by atoms with Crippen LogP contribution in [0.5, 0.6) is 0 Å². The molecule has 9 heteroatoms. The van der Waals surface area contributed by atoms with Crippen molar-refractivity contribution in [2.45, 2.75) is 91.7 Å². The van der Waals surface area contributed by atoms with E-state index in [-0.39, 0.29) is 24.2 Å². The van der Waals surface area contributed by atoms with Gasteiger partial charge in [-0.2, -0.15) is 11.1 Å². The molecule has 0 aromatic heterocycles. The minimum Gasteiger partial charge on any atom is -0.464 e. The predicted octanol–water partition coefficient (Wildman–Crippen LogP) is 6.38. The summed E-state index contributed by atoms with van der Waals surface area (Å²) in [5.41, 5.74) is -4.15. The molecule has 0 amide bonds. The summed E-state index contributed by atoms with van der Waals surface area (Å²) in [4.78, 5) is 21.7. The maximum Gasteiger partial charge on any atom is 0.346 e. The number of carbonyl (C=O) groups is 2. The molecule has 0 saturated heterocycles. The molecule has 0 aliphatic carbocycles. The van der Waals surface area contributed by atoms with Gasteiger partial charge in [-0.15, -0.1) is 0 Å². The van der Waals surface area contributed by atoms with E-state index in [9.17, 15) is 18.4 Å². The van der Waals surface area contributed by atoms with Gasteiger partial charge in [0, 0.05) is 0 Å². The van der Waals surface area contributed by atoms with Crippen molar-refractivity contribution in [2.75, 3.05) is 13.2 Å². The summed E-state index contributed by atoms with van der Waals surface area (Å²) in [5.74, 6) is -2.13. The number of rotatable bonds is 8. The van der Waals surface area contributed by atoms with E-state index in [0.717, 1.165) is 6.92 Å². The van der Waals surface area contributed by atoms with E-state index in [1.807, 2.05) is 12.1 Å². The van der Waals surface area contributed by atoms with Crippen LogP contribution in [0.2, 0.25) is 5.04 Å². The molecular formula is C31H47ClF2O5Si. The summed E-state index contributed by atoms with van der Waals surface area (Å²) in [6.07, 6.45) is -1.35. The molecule has 0 heterocycles. The Morgan fingerprint density at radius 3 is 1.35 bits per heavy atom. The van der Waals surface area contributed by atoms with Crippen LogP contribution in [0, 0.1) is 5.92 Å². The second-order valence-electron chi connectivity index (χ2n) is 11.1. The highest BCUT2D eigenvalue weighted by Gasteiger charge is 2.46. The highest BCUT2D eigenvalue weighted by atomic mass is 35.6. The number of alkyl halides is 2. The van der Waals surface area contributed by atoms with Crippen molar-refractivity contribution in [1.82, 2.24) is 0 Å². The second kappa shape index (κ2) is 16.2. The van der Waals surface area contributed by atoms with Gasteiger partial charge < -0.3 is 14.6 Å². The van der Waals surface area contributed by atoms with Crippen molar-refractivity contribution in [3.05, 3.63) is 60.7 Å². The third kappa shape index (κ3) is 10.3. The van der Waals surface area contributed by atoms with Gasteiger partial charge in [-0.1, -0.05) is 95.3 Å². The molecule has 0 bridgehead atoms. The zero-order valence-electron chi connectivity index (χ0n) is 25.6. The van der Waals surface area contributed by atoms with E-state index in [1.165, 1.54) is 24.2 Å². The van der Waals surface area contributed by atoms with Gasteiger partial charge >= 0.3 is 11.9 Å². The van der Waals surface area contributed by atoms with Crippen molar-refractivity contribution in [1.29, 1.82) is 0 Å². The number of carbonyl (C=O) groups excluding carboxylic acids is 2. The van der Waals surface area contributed by atoms with Crippen LogP contribution in [0.1, 0.15) is 69.2 Å². The van der Waals surface area contributed by atoms with Gasteiger partial charge in [0.15, 0.2) is 0 Å². The quantitative estimate of drug-likeness (QED) is 0.216. The van der Waals surface area contributed by atoms with Crippen LogP contribution in [0.15, 0.2) is 60.7 Å². The van der Waals surface area contributed by atoms with Gasteiger partial charge in [0.05, 0.1) is 19.3 Å². The SMILES string of the molecule is CC(C)(C)[Si](Cl)(c1ccccc1)c1ccccc1.CCOC(=O)C(C)(F)C(C)C.CCOC(=O)C(C)(F)C(C)O. The van der Waals surface area contributed by atoms with Gasteiger partial charge in [0.25, 0.3) is 0 Å². The van der Waals surface area contributed by atoms with Gasteiger partial charge in [0.1, 0.15) is 0 Å². The Morgan fingerprint density at radius 1 is 0.775 bits per heavy atom. The highest BCUT2D eigenvalue weighted by molar-refractivity contribution is 7.35. The molecule has 0 saturated carbocycles. The lowest BCUT2D eigenvalue weighted by Crippen LogP contribution is -2.59. The fourth-order valence-electron chi connectivity index (χ4n) is 3.32. The molecule has 2 aromatic rings. The Balaban J connectivity index is 0.000000606. The molecule has 2 rings (SSSR count). The van der Waals surface area contributed by atoms with Gasteiger partial charge in [-0.3, -0.25) is 0 Å². The number of halogens is 3. The molecule has 2 aromatic carbocycles. The van der Waals surface area contributed by atoms with Crippen molar-refractivity contribution in [3.8, 4) is 0 Å². The summed E-state index contributed by atoms with van der Waals surface area (Å²) in [6.45, 7) is 17.1. The van der Waals surface area contributed by atoms with Crippen LogP contribution in [0.25, 0.3) is 0 Å². The average Bonchev–Trinajstić information content (AvgIpc) is 2.89. The number of hydrogen-bond donors (Lipinski definition) is 1. The first kappa shape index (κ1) is 37.7. The second-order valence-corrected chi connectivity index (χ2v) is 16.7. The predicted molar refractivity (Wildman–Crippen MR) is 162 cm³/mol. The van der Waals surface area contributed by atoms with Crippen molar-refractivity contribution < 1.29 is 33.0 Å². The topological polar surface area (TPSA) is 72.8 Å². The number of aliphatic hydroxyl groups excluding tert-OH is 1. The molecule has 3 atom stereocenters. The number of esters is 2. The summed E-state index contributed by atoms with van der Waals surface area (Å²) in [6, 6.07) is 21.1. The first-order chi connectivity index (χ1) is 18.3. The number of hydrogen-bond acceptors (Lipinski definition) is 5. The Bertz CT molecular complexity index is 950. The van der Waals surface area contributed by atoms with Crippen molar-refractivity contribution >= 4 is 40.8 Å². The monoisotopic (exact) mass is 600 g/mol. The van der Waals surface area contributed by atoms with E-state index in [0.29, 0.717) is 0 Å². The van der Waals surface area contributed by atoms with Crippen LogP contribution < -0.4 is 10.4 Å². The molecule has 0 spiro atoms. The molecule has 1 N–H and O–H groups in total. The zero-order valence-corrected chi connectivity index (χ0v) is 27.3. The van der Waals surface area contributed by atoms with Crippen LogP contribution in [-0.4, -0.2) is 55.1 Å². The standard InChI is InChI=1S/C16H19ClSi.C8H15FO2.C7H13FO3/c1-16(2,3)18(17,14-10-6-4-7-11-14)15-12-8-5-9-13-15;1-5-11-7(10)8(4,9)6(2)3;1-4-11-6(10)7(3,8)5(2)9/h4-13H,1-3H3;6H,5H2,1-4H3;5,9H,4H2,1-3H3. The summed E-state index contributed by atoms with van der Waals surface area (Å²) >= 11 is 7.21. The average molecular weight is 601 g/mol. The molecule has 0 aliphatic heterocycles. The minimum absolute atomic E-state index is 0.0667. The van der Waals surface area contributed by atoms with Gasteiger partial charge in [-0.05, 0) is 55.9 Å².